The van der Waals surface area contributed by atoms with Crippen LogP contribution in [-0.4, -0.2) is 14.1 Å². The minimum Gasteiger partial charge on any atom is -0.307 e. The smallest absolute Gasteiger partial charge is 0.138 e. The number of nitrogens with zero attached hydrogens (tertiary/aromatic N) is 8. The molecule has 60 heavy (non-hydrogen) atoms. The van der Waals surface area contributed by atoms with Gasteiger partial charge in [0.2, 0.25) is 0 Å². The van der Waals surface area contributed by atoms with Gasteiger partial charge in [0, 0.05) is 27.1 Å². The van der Waals surface area contributed by atoms with E-state index in [0.717, 1.165) is 82.7 Å². The summed E-state index contributed by atoms with van der Waals surface area (Å²) in [6, 6.07) is 59.7. The molecule has 0 aliphatic carbocycles. The lowest BCUT2D eigenvalue weighted by Crippen LogP contribution is -2.03. The highest BCUT2D eigenvalue weighted by atomic mass is 15.1. The van der Waals surface area contributed by atoms with Crippen molar-refractivity contribution < 1.29 is 0 Å². The highest BCUT2D eigenvalue weighted by Gasteiger charge is 2.21. The van der Waals surface area contributed by atoms with Gasteiger partial charge in [-0.05, 0) is 107 Å². The quantitative estimate of drug-likeness (QED) is 0.171. The van der Waals surface area contributed by atoms with E-state index in [1.54, 1.807) is 30.3 Å². The van der Waals surface area contributed by atoms with Crippen molar-refractivity contribution in [3.8, 4) is 75.2 Å². The number of benzene rings is 7. The Balaban J connectivity index is 1.21. The molecule has 274 valence electrons. The highest BCUT2D eigenvalue weighted by molar-refractivity contribution is 6.12. The van der Waals surface area contributed by atoms with Crippen LogP contribution in [0.5, 0.6) is 0 Å². The standard InChI is InChI=1S/C52H26N8/c53-26-32-6-5-7-35(20-32)44-25-52(60-48-11-4-2-9-43(48)46-24-37(15-19-50(46)60)41-17-13-34(28-55)22-39(41)30-57)58-31-51(44)59-47-10-3-1-8-42(47)45-23-36(14-18-49(45)59)40-16-12-33(27-54)21-38(40)29-56/h1-25,31H. The molecule has 0 atom stereocenters. The van der Waals surface area contributed by atoms with Crippen molar-refractivity contribution in [2.24, 2.45) is 0 Å². The van der Waals surface area contributed by atoms with Gasteiger partial charge in [-0.25, -0.2) is 4.98 Å². The van der Waals surface area contributed by atoms with E-state index in [1.807, 2.05) is 79.0 Å². The zero-order valence-electron chi connectivity index (χ0n) is 31.6. The fourth-order valence-corrected chi connectivity index (χ4v) is 8.43. The maximum Gasteiger partial charge on any atom is 0.138 e. The first-order chi connectivity index (χ1) is 29.5. The number of rotatable bonds is 5. The van der Waals surface area contributed by atoms with E-state index in [0.29, 0.717) is 33.6 Å². The van der Waals surface area contributed by atoms with Crippen LogP contribution >= 0.6 is 0 Å². The second-order valence-electron chi connectivity index (χ2n) is 14.4. The van der Waals surface area contributed by atoms with Crippen molar-refractivity contribution in [1.29, 1.82) is 26.3 Å². The number of fused-ring (bicyclic) bond motifs is 6. The molecule has 0 unspecified atom stereocenters. The SMILES string of the molecule is N#Cc1cccc(-c2cc(-n3c4ccccc4c4cc(-c5ccc(C#N)cc5C#N)ccc43)ncc2-n2c3ccccc3c3cc(-c4ccc(C#N)cc4C#N)ccc32)c1. The number of hydrogen-bond donors (Lipinski definition) is 0. The van der Waals surface area contributed by atoms with Crippen LogP contribution in [0, 0.1) is 56.7 Å². The first kappa shape index (κ1) is 35.2. The topological polar surface area (TPSA) is 142 Å². The van der Waals surface area contributed by atoms with Gasteiger partial charge >= 0.3 is 0 Å². The van der Waals surface area contributed by atoms with Crippen LogP contribution in [-0.2, 0) is 0 Å². The van der Waals surface area contributed by atoms with E-state index in [-0.39, 0.29) is 0 Å². The van der Waals surface area contributed by atoms with E-state index >= 15 is 0 Å². The van der Waals surface area contributed by atoms with Crippen LogP contribution < -0.4 is 0 Å². The molecule has 0 radical (unpaired) electrons. The molecule has 0 spiro atoms. The van der Waals surface area contributed by atoms with Crippen LogP contribution in [0.15, 0.2) is 158 Å². The minimum absolute atomic E-state index is 0.430. The lowest BCUT2D eigenvalue weighted by molar-refractivity contribution is 1.06. The molecule has 10 rings (SSSR count). The monoisotopic (exact) mass is 762 g/mol. The van der Waals surface area contributed by atoms with E-state index in [9.17, 15) is 26.3 Å². The average molecular weight is 763 g/mol. The summed E-state index contributed by atoms with van der Waals surface area (Å²) >= 11 is 0. The zero-order valence-corrected chi connectivity index (χ0v) is 31.6. The summed E-state index contributed by atoms with van der Waals surface area (Å²) in [4.78, 5) is 5.19. The Labute approximate surface area is 343 Å². The summed E-state index contributed by atoms with van der Waals surface area (Å²) in [6.07, 6.45) is 1.89. The van der Waals surface area contributed by atoms with E-state index in [2.05, 4.69) is 88.0 Å². The predicted molar refractivity (Wildman–Crippen MR) is 233 cm³/mol. The van der Waals surface area contributed by atoms with Gasteiger partial charge in [-0.2, -0.15) is 26.3 Å². The summed E-state index contributed by atoms with van der Waals surface area (Å²) in [6.45, 7) is 0. The number of pyridine rings is 1. The lowest BCUT2D eigenvalue weighted by Gasteiger charge is -2.17. The van der Waals surface area contributed by atoms with Gasteiger partial charge in [0.05, 0.1) is 92.1 Å². The molecule has 0 N–H and O–H groups in total. The summed E-state index contributed by atoms with van der Waals surface area (Å²) in [5, 5.41) is 52.9. The Bertz CT molecular complexity index is 3680. The van der Waals surface area contributed by atoms with E-state index < -0.39 is 0 Å². The third-order valence-corrected chi connectivity index (χ3v) is 11.1. The molecular weight excluding hydrogens is 737 g/mol. The van der Waals surface area contributed by atoms with Gasteiger partial charge in [0.15, 0.2) is 0 Å². The number of para-hydroxylation sites is 2. The Kier molecular flexibility index (Phi) is 8.23. The fraction of sp³-hybridized carbons (Fsp3) is 0. The molecule has 10 aromatic rings. The van der Waals surface area contributed by atoms with Gasteiger partial charge in [0.1, 0.15) is 5.82 Å². The fourth-order valence-electron chi connectivity index (χ4n) is 8.43. The Morgan fingerprint density at radius 2 is 0.867 bits per heavy atom. The van der Waals surface area contributed by atoms with Crippen LogP contribution in [0.25, 0.3) is 88.5 Å². The molecule has 0 aliphatic rings. The second kappa shape index (κ2) is 14.0. The lowest BCUT2D eigenvalue weighted by atomic mass is 9.97. The molecule has 7 aromatic carbocycles. The Morgan fingerprint density at radius 1 is 0.367 bits per heavy atom. The molecular formula is C52H26N8. The molecule has 8 heteroatoms. The number of aromatic nitrogens is 3. The molecule has 3 aromatic heterocycles. The van der Waals surface area contributed by atoms with Crippen molar-refractivity contribution in [3.05, 3.63) is 186 Å². The van der Waals surface area contributed by atoms with Gasteiger partial charge in [-0.1, -0.05) is 72.8 Å². The van der Waals surface area contributed by atoms with Crippen molar-refractivity contribution in [1.82, 2.24) is 14.1 Å². The van der Waals surface area contributed by atoms with Gasteiger partial charge in [0.25, 0.3) is 0 Å². The Morgan fingerprint density at radius 3 is 1.43 bits per heavy atom. The van der Waals surface area contributed by atoms with Crippen LogP contribution in [0.4, 0.5) is 0 Å². The summed E-state index contributed by atoms with van der Waals surface area (Å²) < 4.78 is 4.34. The number of hydrogen-bond acceptors (Lipinski definition) is 6. The van der Waals surface area contributed by atoms with Gasteiger partial charge < -0.3 is 4.57 Å². The van der Waals surface area contributed by atoms with Gasteiger partial charge in [-0.15, -0.1) is 0 Å². The Hall–Kier alpha value is -9.26. The molecule has 0 fully saturated rings. The molecule has 0 amide bonds. The maximum atomic E-state index is 10.0. The van der Waals surface area contributed by atoms with Crippen LogP contribution in [0.3, 0.4) is 0 Å². The maximum absolute atomic E-state index is 10.0. The van der Waals surface area contributed by atoms with Crippen molar-refractivity contribution in [2.45, 2.75) is 0 Å². The minimum atomic E-state index is 0.430. The summed E-state index contributed by atoms with van der Waals surface area (Å²) in [5.41, 5.74) is 11.8. The van der Waals surface area contributed by atoms with E-state index in [4.69, 9.17) is 4.98 Å². The van der Waals surface area contributed by atoms with E-state index in [1.165, 1.54) is 0 Å². The first-order valence-corrected chi connectivity index (χ1v) is 19.0. The van der Waals surface area contributed by atoms with Gasteiger partial charge in [-0.3, -0.25) is 4.57 Å². The highest BCUT2D eigenvalue weighted by Crippen LogP contribution is 2.41. The average Bonchev–Trinajstić information content (AvgIpc) is 3.83. The number of nitriles is 5. The normalized spacial score (nSPS) is 10.9. The summed E-state index contributed by atoms with van der Waals surface area (Å²) in [7, 11) is 0. The second-order valence-corrected chi connectivity index (χ2v) is 14.4. The van der Waals surface area contributed by atoms with Crippen LogP contribution in [0.1, 0.15) is 27.8 Å². The van der Waals surface area contributed by atoms with Crippen LogP contribution in [0.2, 0.25) is 0 Å². The predicted octanol–water partition coefficient (Wildman–Crippen LogP) is 11.6. The van der Waals surface area contributed by atoms with Crippen molar-refractivity contribution in [2.75, 3.05) is 0 Å². The zero-order chi connectivity index (χ0) is 40.9. The third-order valence-electron chi connectivity index (χ3n) is 11.1. The third kappa shape index (κ3) is 5.53. The first-order valence-electron chi connectivity index (χ1n) is 19.0. The van der Waals surface area contributed by atoms with Crippen molar-refractivity contribution in [3.63, 3.8) is 0 Å². The molecule has 8 nitrogen and oxygen atoms in total. The molecule has 0 saturated heterocycles. The molecule has 3 heterocycles. The van der Waals surface area contributed by atoms with Crippen molar-refractivity contribution >= 4 is 43.6 Å². The summed E-state index contributed by atoms with van der Waals surface area (Å²) in [5.74, 6) is 0.680. The molecule has 0 saturated carbocycles. The molecule has 0 bridgehead atoms. The molecule has 0 aliphatic heterocycles. The largest absolute Gasteiger partial charge is 0.307 e.